The molecule has 1 aromatic carbocycles. The van der Waals surface area contributed by atoms with Crippen molar-refractivity contribution in [1.82, 2.24) is 20.1 Å². The smallest absolute Gasteiger partial charge is 0.193 e. The Labute approximate surface area is 195 Å². The Balaban J connectivity index is 0.00000300. The number of halogens is 1. The minimum Gasteiger partial charge on any atom is -0.379 e. The van der Waals surface area contributed by atoms with Crippen LogP contribution in [0.15, 0.2) is 34.6 Å². The average Bonchev–Trinajstić information content (AvgIpc) is 3.11. The maximum atomic E-state index is 5.56. The summed E-state index contributed by atoms with van der Waals surface area (Å²) >= 11 is 1.68. The lowest BCUT2D eigenvalue weighted by molar-refractivity contribution is 0.0169. The lowest BCUT2D eigenvalue weighted by Gasteiger charge is -2.35. The van der Waals surface area contributed by atoms with E-state index in [-0.39, 0.29) is 30.0 Å². The molecule has 1 N–H and O–H groups in total. The van der Waals surface area contributed by atoms with E-state index in [0.29, 0.717) is 0 Å². The fraction of sp³-hybridized carbons (Fsp3) is 0.524. The van der Waals surface area contributed by atoms with E-state index in [4.69, 9.17) is 4.74 Å². The van der Waals surface area contributed by atoms with Gasteiger partial charge in [0.15, 0.2) is 5.96 Å². The zero-order chi connectivity index (χ0) is 19.9. The minimum absolute atomic E-state index is 0. The van der Waals surface area contributed by atoms with Crippen molar-refractivity contribution in [2.45, 2.75) is 26.4 Å². The number of hydrogen-bond donors (Lipinski definition) is 1. The van der Waals surface area contributed by atoms with Crippen molar-refractivity contribution < 1.29 is 4.74 Å². The molecule has 2 heterocycles. The number of aromatic nitrogens is 1. The standard InChI is InChI=1S/C21H31N5OS.HI/c1-16-5-7-18(8-6-16)20(26-9-11-27-12-10-26)13-23-21(22-3)25(4)14-19-15-28-17(2)24-19;/h5-8,15,20H,9-14H2,1-4H3,(H,22,23);1H. The van der Waals surface area contributed by atoms with Crippen LogP contribution in [-0.2, 0) is 11.3 Å². The second kappa shape index (κ2) is 11.8. The molecule has 1 aliphatic rings. The molecule has 1 unspecified atom stereocenters. The molecule has 1 saturated heterocycles. The maximum Gasteiger partial charge on any atom is 0.193 e. The van der Waals surface area contributed by atoms with E-state index in [9.17, 15) is 0 Å². The first kappa shape index (κ1) is 24.0. The number of rotatable bonds is 6. The van der Waals surface area contributed by atoms with Crippen LogP contribution >= 0.6 is 35.3 Å². The molecule has 1 aromatic heterocycles. The highest BCUT2D eigenvalue weighted by Crippen LogP contribution is 2.22. The number of hydrogen-bond acceptors (Lipinski definition) is 5. The van der Waals surface area contributed by atoms with Gasteiger partial charge < -0.3 is 15.0 Å². The second-order valence-electron chi connectivity index (χ2n) is 7.22. The summed E-state index contributed by atoms with van der Waals surface area (Å²) in [6.07, 6.45) is 0. The van der Waals surface area contributed by atoms with Gasteiger partial charge in [0, 0.05) is 39.1 Å². The van der Waals surface area contributed by atoms with Crippen LogP contribution in [0.5, 0.6) is 0 Å². The summed E-state index contributed by atoms with van der Waals surface area (Å²) in [5.41, 5.74) is 3.69. The molecule has 0 aliphatic carbocycles. The van der Waals surface area contributed by atoms with Crippen LogP contribution in [0, 0.1) is 13.8 Å². The number of aryl methyl sites for hydroxylation is 2. The summed E-state index contributed by atoms with van der Waals surface area (Å²) in [6.45, 7) is 9.20. The molecule has 1 aliphatic heterocycles. The quantitative estimate of drug-likeness (QED) is 0.353. The maximum absolute atomic E-state index is 5.56. The molecule has 3 rings (SSSR count). The molecule has 0 bridgehead atoms. The number of aliphatic imine (C=N–C) groups is 1. The number of thiazole rings is 1. The summed E-state index contributed by atoms with van der Waals surface area (Å²) in [4.78, 5) is 13.7. The van der Waals surface area contributed by atoms with E-state index >= 15 is 0 Å². The van der Waals surface area contributed by atoms with Crippen molar-refractivity contribution >= 4 is 41.3 Å². The monoisotopic (exact) mass is 529 g/mol. The van der Waals surface area contributed by atoms with Crippen molar-refractivity contribution in [1.29, 1.82) is 0 Å². The average molecular weight is 529 g/mol. The van der Waals surface area contributed by atoms with Crippen LogP contribution in [0.1, 0.15) is 27.9 Å². The van der Waals surface area contributed by atoms with Crippen LogP contribution in [0.2, 0.25) is 0 Å². The molecule has 0 radical (unpaired) electrons. The van der Waals surface area contributed by atoms with Gasteiger partial charge in [-0.1, -0.05) is 29.8 Å². The van der Waals surface area contributed by atoms with Gasteiger partial charge in [-0.05, 0) is 19.4 Å². The molecule has 1 fully saturated rings. The first-order valence-corrected chi connectivity index (χ1v) is 10.7. The molecule has 0 spiro atoms. The molecule has 0 saturated carbocycles. The molecular weight excluding hydrogens is 497 g/mol. The predicted molar refractivity (Wildman–Crippen MR) is 131 cm³/mol. The largest absolute Gasteiger partial charge is 0.379 e. The molecule has 6 nitrogen and oxygen atoms in total. The number of nitrogens with one attached hydrogen (secondary N) is 1. The van der Waals surface area contributed by atoms with Crippen LogP contribution in [-0.4, -0.2) is 67.7 Å². The van der Waals surface area contributed by atoms with Crippen molar-refractivity contribution in [2.24, 2.45) is 4.99 Å². The van der Waals surface area contributed by atoms with Crippen LogP contribution in [0.3, 0.4) is 0 Å². The Morgan fingerprint density at radius 1 is 1.28 bits per heavy atom. The summed E-state index contributed by atoms with van der Waals surface area (Å²) < 4.78 is 5.56. The third kappa shape index (κ3) is 6.91. The van der Waals surface area contributed by atoms with E-state index in [1.165, 1.54) is 11.1 Å². The fourth-order valence-corrected chi connectivity index (χ4v) is 4.11. The lowest BCUT2D eigenvalue weighted by atomic mass is 10.0. The number of morpholine rings is 1. The molecule has 29 heavy (non-hydrogen) atoms. The predicted octanol–water partition coefficient (Wildman–Crippen LogP) is 3.46. The van der Waals surface area contributed by atoms with E-state index in [1.807, 2.05) is 14.0 Å². The second-order valence-corrected chi connectivity index (χ2v) is 8.28. The van der Waals surface area contributed by atoms with Gasteiger partial charge in [0.1, 0.15) is 0 Å². The highest BCUT2D eigenvalue weighted by atomic mass is 127. The highest BCUT2D eigenvalue weighted by Gasteiger charge is 2.23. The van der Waals surface area contributed by atoms with E-state index in [2.05, 4.69) is 68.7 Å². The van der Waals surface area contributed by atoms with Crippen molar-refractivity contribution in [3.63, 3.8) is 0 Å². The van der Waals surface area contributed by atoms with E-state index in [0.717, 1.165) is 56.1 Å². The molecule has 160 valence electrons. The van der Waals surface area contributed by atoms with Gasteiger partial charge in [-0.2, -0.15) is 0 Å². The Morgan fingerprint density at radius 3 is 2.55 bits per heavy atom. The van der Waals surface area contributed by atoms with E-state index in [1.54, 1.807) is 11.3 Å². The SMILES string of the molecule is CN=C(NCC(c1ccc(C)cc1)N1CCOCC1)N(C)Cc1csc(C)n1.I. The van der Waals surface area contributed by atoms with Gasteiger partial charge in [0.2, 0.25) is 0 Å². The van der Waals surface area contributed by atoms with Gasteiger partial charge in [-0.3, -0.25) is 9.89 Å². The first-order valence-electron chi connectivity index (χ1n) is 9.78. The third-order valence-corrected chi connectivity index (χ3v) is 5.86. The zero-order valence-electron chi connectivity index (χ0n) is 17.7. The van der Waals surface area contributed by atoms with Gasteiger partial charge in [0.25, 0.3) is 0 Å². The molecule has 2 aromatic rings. The highest BCUT2D eigenvalue weighted by molar-refractivity contribution is 14.0. The minimum atomic E-state index is 0. The third-order valence-electron chi connectivity index (χ3n) is 5.04. The first-order chi connectivity index (χ1) is 13.6. The van der Waals surface area contributed by atoms with Gasteiger partial charge in [0.05, 0.1) is 36.5 Å². The number of benzene rings is 1. The Morgan fingerprint density at radius 2 is 1.97 bits per heavy atom. The van der Waals surface area contributed by atoms with Crippen LogP contribution < -0.4 is 5.32 Å². The van der Waals surface area contributed by atoms with Crippen molar-refractivity contribution in [2.75, 3.05) is 46.9 Å². The van der Waals surface area contributed by atoms with Crippen molar-refractivity contribution in [3.8, 4) is 0 Å². The lowest BCUT2D eigenvalue weighted by Crippen LogP contribution is -2.46. The Hall–Kier alpha value is -1.23. The summed E-state index contributed by atoms with van der Waals surface area (Å²) in [5.74, 6) is 0.885. The summed E-state index contributed by atoms with van der Waals surface area (Å²) in [7, 11) is 3.89. The van der Waals surface area contributed by atoms with Crippen LogP contribution in [0.4, 0.5) is 0 Å². The number of guanidine groups is 1. The number of nitrogens with zero attached hydrogens (tertiary/aromatic N) is 4. The summed E-state index contributed by atoms with van der Waals surface area (Å²) in [6, 6.07) is 9.14. The van der Waals surface area contributed by atoms with Crippen LogP contribution in [0.25, 0.3) is 0 Å². The van der Waals surface area contributed by atoms with E-state index < -0.39 is 0 Å². The molecule has 0 amide bonds. The molecule has 8 heteroatoms. The summed E-state index contributed by atoms with van der Waals surface area (Å²) in [5, 5.41) is 6.78. The van der Waals surface area contributed by atoms with Gasteiger partial charge in [-0.25, -0.2) is 4.98 Å². The van der Waals surface area contributed by atoms with Gasteiger partial charge >= 0.3 is 0 Å². The molecule has 1 atom stereocenters. The topological polar surface area (TPSA) is 53.0 Å². The normalized spacial score (nSPS) is 16.2. The van der Waals surface area contributed by atoms with Crippen molar-refractivity contribution in [3.05, 3.63) is 51.5 Å². The van der Waals surface area contributed by atoms with Gasteiger partial charge in [-0.15, -0.1) is 35.3 Å². The Bertz CT molecular complexity index is 774. The molecular formula is C21H32IN5OS. The Kier molecular flexibility index (Phi) is 9.81. The zero-order valence-corrected chi connectivity index (χ0v) is 20.9. The fourth-order valence-electron chi connectivity index (χ4n) is 3.51. The number of ether oxygens (including phenoxy) is 1.